The molecule has 2 aromatic rings. The molecule has 1 aliphatic carbocycles. The van der Waals surface area contributed by atoms with Crippen LogP contribution in [0, 0.1) is 0 Å². The minimum absolute atomic E-state index is 0.500. The molecule has 1 heterocycles. The zero-order valence-electron chi connectivity index (χ0n) is 11.4. The van der Waals surface area contributed by atoms with Gasteiger partial charge in [0.25, 0.3) is 0 Å². The van der Waals surface area contributed by atoms with Crippen LogP contribution in [0.25, 0.3) is 0 Å². The Hall–Kier alpha value is -1.11. The van der Waals surface area contributed by atoms with E-state index in [2.05, 4.69) is 31.6 Å². The summed E-state index contributed by atoms with van der Waals surface area (Å²) in [7, 11) is 0. The molecule has 0 atom stereocenters. The van der Waals surface area contributed by atoms with Crippen LogP contribution in [0.2, 0.25) is 5.02 Å². The third-order valence-corrected chi connectivity index (χ3v) is 4.00. The minimum Gasteiger partial charge on any atom is -0.490 e. The SMILES string of the molecule is Clc1cc(Br)ccc1OCCn1cc(CNC2CC2)nn1. The molecule has 0 radical (unpaired) electrons. The van der Waals surface area contributed by atoms with Gasteiger partial charge in [0.1, 0.15) is 12.4 Å². The van der Waals surface area contributed by atoms with E-state index in [1.165, 1.54) is 12.8 Å². The van der Waals surface area contributed by atoms with Gasteiger partial charge < -0.3 is 10.1 Å². The molecule has 7 heteroatoms. The number of nitrogens with one attached hydrogen (secondary N) is 1. The molecule has 21 heavy (non-hydrogen) atoms. The summed E-state index contributed by atoms with van der Waals surface area (Å²) in [5.74, 6) is 0.676. The van der Waals surface area contributed by atoms with E-state index in [1.807, 2.05) is 24.4 Å². The second kappa shape index (κ2) is 6.77. The van der Waals surface area contributed by atoms with E-state index >= 15 is 0 Å². The monoisotopic (exact) mass is 370 g/mol. The first kappa shape index (κ1) is 14.8. The molecule has 1 saturated carbocycles. The second-order valence-electron chi connectivity index (χ2n) is 5.05. The lowest BCUT2D eigenvalue weighted by molar-refractivity contribution is 0.290. The number of benzene rings is 1. The van der Waals surface area contributed by atoms with Gasteiger partial charge in [0.05, 0.1) is 17.3 Å². The first-order valence-electron chi connectivity index (χ1n) is 6.91. The van der Waals surface area contributed by atoms with Crippen LogP contribution in [-0.2, 0) is 13.1 Å². The van der Waals surface area contributed by atoms with Crippen molar-refractivity contribution in [3.63, 3.8) is 0 Å². The van der Waals surface area contributed by atoms with Crippen LogP contribution < -0.4 is 10.1 Å². The van der Waals surface area contributed by atoms with Crippen molar-refractivity contribution in [3.05, 3.63) is 39.6 Å². The fourth-order valence-corrected chi connectivity index (χ4v) is 2.63. The van der Waals surface area contributed by atoms with E-state index in [9.17, 15) is 0 Å². The van der Waals surface area contributed by atoms with E-state index in [0.717, 1.165) is 16.7 Å². The molecule has 0 unspecified atom stereocenters. The molecule has 0 saturated heterocycles. The van der Waals surface area contributed by atoms with Crippen LogP contribution in [-0.4, -0.2) is 27.6 Å². The maximum absolute atomic E-state index is 6.09. The Labute approximate surface area is 136 Å². The number of halogens is 2. The number of ether oxygens (including phenoxy) is 1. The summed E-state index contributed by atoms with van der Waals surface area (Å²) >= 11 is 9.46. The summed E-state index contributed by atoms with van der Waals surface area (Å²) in [6.07, 6.45) is 4.49. The molecule has 1 N–H and O–H groups in total. The third kappa shape index (κ3) is 4.43. The van der Waals surface area contributed by atoms with E-state index in [4.69, 9.17) is 16.3 Å². The smallest absolute Gasteiger partial charge is 0.138 e. The average Bonchev–Trinajstić information content (AvgIpc) is 3.18. The molecule has 5 nitrogen and oxygen atoms in total. The molecule has 0 bridgehead atoms. The van der Waals surface area contributed by atoms with Gasteiger partial charge in [0.15, 0.2) is 0 Å². The lowest BCUT2D eigenvalue weighted by Crippen LogP contribution is -2.15. The van der Waals surface area contributed by atoms with Crippen molar-refractivity contribution in [1.82, 2.24) is 20.3 Å². The Kier molecular flexibility index (Phi) is 4.77. The Morgan fingerprint density at radius 2 is 2.29 bits per heavy atom. The van der Waals surface area contributed by atoms with Gasteiger partial charge in [-0.2, -0.15) is 0 Å². The maximum atomic E-state index is 6.09. The summed E-state index contributed by atoms with van der Waals surface area (Å²) in [6.45, 7) is 1.92. The van der Waals surface area contributed by atoms with Gasteiger partial charge in [-0.05, 0) is 31.0 Å². The normalized spacial score (nSPS) is 14.4. The molecule has 112 valence electrons. The van der Waals surface area contributed by atoms with Gasteiger partial charge >= 0.3 is 0 Å². The fourth-order valence-electron chi connectivity index (χ4n) is 1.91. The summed E-state index contributed by atoms with van der Waals surface area (Å²) in [4.78, 5) is 0. The number of nitrogens with zero attached hydrogens (tertiary/aromatic N) is 3. The van der Waals surface area contributed by atoms with E-state index in [-0.39, 0.29) is 0 Å². The number of rotatable bonds is 7. The molecule has 1 aromatic carbocycles. The van der Waals surface area contributed by atoms with E-state index in [0.29, 0.717) is 30.0 Å². The van der Waals surface area contributed by atoms with Crippen LogP contribution >= 0.6 is 27.5 Å². The highest BCUT2D eigenvalue weighted by Crippen LogP contribution is 2.27. The lowest BCUT2D eigenvalue weighted by Gasteiger charge is -2.07. The second-order valence-corrected chi connectivity index (χ2v) is 6.37. The molecular formula is C14H16BrClN4O. The summed E-state index contributed by atoms with van der Waals surface area (Å²) < 4.78 is 8.38. The summed E-state index contributed by atoms with van der Waals surface area (Å²) in [6, 6.07) is 6.24. The van der Waals surface area contributed by atoms with Crippen LogP contribution in [0.3, 0.4) is 0 Å². The Morgan fingerprint density at radius 1 is 1.43 bits per heavy atom. The molecular weight excluding hydrogens is 356 g/mol. The van der Waals surface area contributed by atoms with Gasteiger partial charge in [0.2, 0.25) is 0 Å². The van der Waals surface area contributed by atoms with Crippen LogP contribution in [0.5, 0.6) is 5.75 Å². The number of aromatic nitrogens is 3. The Bertz CT molecular complexity index is 615. The first-order chi connectivity index (χ1) is 10.2. The van der Waals surface area contributed by atoms with Crippen molar-refractivity contribution < 1.29 is 4.74 Å². The van der Waals surface area contributed by atoms with Crippen LogP contribution in [0.4, 0.5) is 0 Å². The molecule has 0 spiro atoms. The lowest BCUT2D eigenvalue weighted by atomic mass is 10.3. The zero-order valence-corrected chi connectivity index (χ0v) is 13.8. The van der Waals surface area contributed by atoms with E-state index in [1.54, 1.807) is 4.68 Å². The Morgan fingerprint density at radius 3 is 3.05 bits per heavy atom. The fraction of sp³-hybridized carbons (Fsp3) is 0.429. The highest BCUT2D eigenvalue weighted by atomic mass is 79.9. The zero-order chi connectivity index (χ0) is 14.7. The molecule has 1 fully saturated rings. The predicted molar refractivity (Wildman–Crippen MR) is 84.5 cm³/mol. The van der Waals surface area contributed by atoms with Crippen molar-refractivity contribution in [2.75, 3.05) is 6.61 Å². The van der Waals surface area contributed by atoms with Crippen molar-refractivity contribution in [3.8, 4) is 5.75 Å². The van der Waals surface area contributed by atoms with Crippen molar-refractivity contribution in [1.29, 1.82) is 0 Å². The van der Waals surface area contributed by atoms with Crippen molar-refractivity contribution in [2.45, 2.75) is 32.0 Å². The first-order valence-corrected chi connectivity index (χ1v) is 8.08. The molecule has 0 amide bonds. The van der Waals surface area contributed by atoms with Gasteiger partial charge in [-0.15, -0.1) is 5.10 Å². The van der Waals surface area contributed by atoms with Crippen LogP contribution in [0.1, 0.15) is 18.5 Å². The topological polar surface area (TPSA) is 52.0 Å². The Balaban J connectivity index is 1.46. The highest BCUT2D eigenvalue weighted by Gasteiger charge is 2.20. The van der Waals surface area contributed by atoms with E-state index < -0.39 is 0 Å². The maximum Gasteiger partial charge on any atom is 0.138 e. The standard InChI is InChI=1S/C14H16BrClN4O/c15-10-1-4-14(13(16)7-10)21-6-5-20-9-12(18-19-20)8-17-11-2-3-11/h1,4,7,9,11,17H,2-3,5-6,8H2. The van der Waals surface area contributed by atoms with Gasteiger partial charge in [-0.3, -0.25) is 0 Å². The van der Waals surface area contributed by atoms with Crippen molar-refractivity contribution in [2.24, 2.45) is 0 Å². The largest absolute Gasteiger partial charge is 0.490 e. The predicted octanol–water partition coefficient (Wildman–Crippen LogP) is 3.03. The van der Waals surface area contributed by atoms with Crippen molar-refractivity contribution >= 4 is 27.5 Å². The number of hydrogen-bond donors (Lipinski definition) is 1. The molecule has 1 aromatic heterocycles. The minimum atomic E-state index is 0.500. The number of hydrogen-bond acceptors (Lipinski definition) is 4. The van der Waals surface area contributed by atoms with Gasteiger partial charge in [-0.25, -0.2) is 4.68 Å². The van der Waals surface area contributed by atoms with Gasteiger partial charge in [0, 0.05) is 23.3 Å². The molecule has 3 rings (SSSR count). The quantitative estimate of drug-likeness (QED) is 0.813. The summed E-state index contributed by atoms with van der Waals surface area (Å²) in [5.41, 5.74) is 0.962. The third-order valence-electron chi connectivity index (χ3n) is 3.21. The van der Waals surface area contributed by atoms with Gasteiger partial charge in [-0.1, -0.05) is 32.7 Å². The summed E-state index contributed by atoms with van der Waals surface area (Å²) in [5, 5.41) is 12.2. The molecule has 1 aliphatic rings. The molecule has 0 aliphatic heterocycles. The van der Waals surface area contributed by atoms with Crippen LogP contribution in [0.15, 0.2) is 28.9 Å². The highest BCUT2D eigenvalue weighted by molar-refractivity contribution is 9.10. The average molecular weight is 372 g/mol.